The largest absolute Gasteiger partial charge is 0.359 e. The maximum atomic E-state index is 12.5. The van der Waals surface area contributed by atoms with Crippen LogP contribution >= 0.6 is 0 Å². The monoisotopic (exact) mass is 335 g/mol. The smallest absolute Gasteiger partial charge is 0.225 e. The van der Waals surface area contributed by atoms with Crippen molar-refractivity contribution in [3.8, 4) is 0 Å². The summed E-state index contributed by atoms with van der Waals surface area (Å²) >= 11 is 0. The first kappa shape index (κ1) is 17.2. The summed E-state index contributed by atoms with van der Waals surface area (Å²) in [6.45, 7) is 0.586. The minimum absolute atomic E-state index is 0.0206. The lowest BCUT2D eigenvalue weighted by Crippen LogP contribution is -2.43. The van der Waals surface area contributed by atoms with E-state index in [9.17, 15) is 14.4 Å². The molecule has 3 rings (SSSR count). The first-order valence-electron chi connectivity index (χ1n) is 9.40. The number of rotatable bonds is 4. The van der Waals surface area contributed by atoms with E-state index >= 15 is 0 Å². The summed E-state index contributed by atoms with van der Waals surface area (Å²) in [7, 11) is 1.67. The quantitative estimate of drug-likeness (QED) is 0.810. The van der Waals surface area contributed by atoms with Crippen LogP contribution in [0.1, 0.15) is 57.8 Å². The molecule has 24 heavy (non-hydrogen) atoms. The van der Waals surface area contributed by atoms with E-state index in [-0.39, 0.29) is 35.6 Å². The van der Waals surface area contributed by atoms with Crippen molar-refractivity contribution in [3.05, 3.63) is 0 Å². The van der Waals surface area contributed by atoms with Gasteiger partial charge in [-0.25, -0.2) is 0 Å². The van der Waals surface area contributed by atoms with Gasteiger partial charge in [-0.1, -0.05) is 12.8 Å². The SMILES string of the molecule is CNC(=O)C1CCC(NC(=O)[C@@H]2CC(=O)N(C3CCCC3)C2)CC1. The van der Waals surface area contributed by atoms with Gasteiger partial charge in [0.15, 0.2) is 0 Å². The molecule has 0 radical (unpaired) electrons. The molecule has 3 fully saturated rings. The van der Waals surface area contributed by atoms with E-state index in [2.05, 4.69) is 10.6 Å². The number of amides is 3. The molecule has 1 atom stereocenters. The summed E-state index contributed by atoms with van der Waals surface area (Å²) < 4.78 is 0. The molecule has 0 bridgehead atoms. The third-order valence-corrected chi connectivity index (χ3v) is 5.99. The second kappa shape index (κ2) is 7.53. The van der Waals surface area contributed by atoms with Gasteiger partial charge >= 0.3 is 0 Å². The maximum absolute atomic E-state index is 12.5. The highest BCUT2D eigenvalue weighted by molar-refractivity contribution is 5.89. The molecule has 1 heterocycles. The minimum atomic E-state index is -0.199. The molecule has 134 valence electrons. The van der Waals surface area contributed by atoms with Gasteiger partial charge in [0.25, 0.3) is 0 Å². The molecule has 0 aromatic heterocycles. The zero-order chi connectivity index (χ0) is 17.1. The average Bonchev–Trinajstić information content (AvgIpc) is 3.24. The Balaban J connectivity index is 1.46. The Hall–Kier alpha value is -1.59. The van der Waals surface area contributed by atoms with E-state index in [0.717, 1.165) is 38.5 Å². The maximum Gasteiger partial charge on any atom is 0.225 e. The standard InChI is InChI=1S/C18H29N3O3/c1-19-17(23)12-6-8-14(9-7-12)20-18(24)13-10-16(22)21(11-13)15-4-2-3-5-15/h12-15H,2-11H2,1H3,(H,19,23)(H,20,24)/t12?,13-,14?/m1/s1. The number of nitrogens with zero attached hydrogens (tertiary/aromatic N) is 1. The third-order valence-electron chi connectivity index (χ3n) is 5.99. The summed E-state index contributed by atoms with van der Waals surface area (Å²) in [6.07, 6.45) is 8.25. The highest BCUT2D eigenvalue weighted by Crippen LogP contribution is 2.30. The predicted molar refractivity (Wildman–Crippen MR) is 90.0 cm³/mol. The Bertz CT molecular complexity index is 494. The average molecular weight is 335 g/mol. The lowest BCUT2D eigenvalue weighted by atomic mass is 9.85. The molecule has 1 saturated heterocycles. The first-order valence-corrected chi connectivity index (χ1v) is 9.40. The van der Waals surface area contributed by atoms with E-state index in [1.807, 2.05) is 4.90 Å². The minimum Gasteiger partial charge on any atom is -0.359 e. The van der Waals surface area contributed by atoms with Crippen LogP contribution in [-0.4, -0.2) is 48.3 Å². The molecule has 0 spiro atoms. The van der Waals surface area contributed by atoms with E-state index < -0.39 is 0 Å². The Morgan fingerprint density at radius 3 is 2.25 bits per heavy atom. The van der Waals surface area contributed by atoms with Crippen LogP contribution in [0, 0.1) is 11.8 Å². The van der Waals surface area contributed by atoms with Crippen molar-refractivity contribution >= 4 is 17.7 Å². The Labute approximate surface area is 143 Å². The van der Waals surface area contributed by atoms with Crippen LogP contribution in [0.5, 0.6) is 0 Å². The van der Waals surface area contributed by atoms with Crippen molar-refractivity contribution < 1.29 is 14.4 Å². The Morgan fingerprint density at radius 2 is 1.62 bits per heavy atom. The van der Waals surface area contributed by atoms with Crippen LogP contribution in [0.4, 0.5) is 0 Å². The number of carbonyl (C=O) groups is 3. The molecular formula is C18H29N3O3. The normalized spacial score (nSPS) is 31.3. The molecule has 1 aliphatic heterocycles. The van der Waals surface area contributed by atoms with E-state index in [1.165, 1.54) is 12.8 Å². The van der Waals surface area contributed by atoms with E-state index in [1.54, 1.807) is 7.05 Å². The lowest BCUT2D eigenvalue weighted by Gasteiger charge is -2.29. The van der Waals surface area contributed by atoms with Crippen molar-refractivity contribution in [2.24, 2.45) is 11.8 Å². The van der Waals surface area contributed by atoms with E-state index in [4.69, 9.17) is 0 Å². The highest BCUT2D eigenvalue weighted by Gasteiger charge is 2.39. The summed E-state index contributed by atoms with van der Waals surface area (Å²) in [5.74, 6) is 0.148. The second-order valence-corrected chi connectivity index (χ2v) is 7.56. The summed E-state index contributed by atoms with van der Waals surface area (Å²) in [4.78, 5) is 38.3. The van der Waals surface area contributed by atoms with Gasteiger partial charge in [0.2, 0.25) is 17.7 Å². The number of hydrogen-bond acceptors (Lipinski definition) is 3. The molecule has 3 amide bonds. The van der Waals surface area contributed by atoms with Gasteiger partial charge in [0.05, 0.1) is 5.92 Å². The molecule has 0 unspecified atom stereocenters. The van der Waals surface area contributed by atoms with Crippen LogP contribution in [0.3, 0.4) is 0 Å². The number of nitrogens with one attached hydrogen (secondary N) is 2. The molecule has 0 aromatic carbocycles. The fourth-order valence-electron chi connectivity index (χ4n) is 4.50. The number of hydrogen-bond donors (Lipinski definition) is 2. The van der Waals surface area contributed by atoms with Crippen molar-refractivity contribution in [1.82, 2.24) is 15.5 Å². The van der Waals surface area contributed by atoms with Gasteiger partial charge in [-0.2, -0.15) is 0 Å². The van der Waals surface area contributed by atoms with Crippen LogP contribution in [-0.2, 0) is 14.4 Å². The molecule has 6 heteroatoms. The van der Waals surface area contributed by atoms with Gasteiger partial charge < -0.3 is 15.5 Å². The van der Waals surface area contributed by atoms with Gasteiger partial charge in [-0.15, -0.1) is 0 Å². The predicted octanol–water partition coefficient (Wildman–Crippen LogP) is 1.20. The third kappa shape index (κ3) is 3.73. The second-order valence-electron chi connectivity index (χ2n) is 7.56. The molecule has 3 aliphatic rings. The van der Waals surface area contributed by atoms with Crippen LogP contribution in [0.15, 0.2) is 0 Å². The Morgan fingerprint density at radius 1 is 0.958 bits per heavy atom. The number of likely N-dealkylation sites (tertiary alicyclic amines) is 1. The van der Waals surface area contributed by atoms with Crippen molar-refractivity contribution in [3.63, 3.8) is 0 Å². The van der Waals surface area contributed by atoms with Crippen LogP contribution in [0.2, 0.25) is 0 Å². The molecule has 2 aliphatic carbocycles. The van der Waals surface area contributed by atoms with Crippen LogP contribution < -0.4 is 10.6 Å². The molecule has 6 nitrogen and oxygen atoms in total. The number of carbonyl (C=O) groups excluding carboxylic acids is 3. The van der Waals surface area contributed by atoms with E-state index in [0.29, 0.717) is 19.0 Å². The van der Waals surface area contributed by atoms with Gasteiger partial charge in [-0.05, 0) is 38.5 Å². The summed E-state index contributed by atoms with van der Waals surface area (Å²) in [5.41, 5.74) is 0. The van der Waals surface area contributed by atoms with Crippen molar-refractivity contribution in [2.45, 2.75) is 69.9 Å². The van der Waals surface area contributed by atoms with Crippen molar-refractivity contribution in [1.29, 1.82) is 0 Å². The van der Waals surface area contributed by atoms with Crippen LogP contribution in [0.25, 0.3) is 0 Å². The first-order chi connectivity index (χ1) is 11.6. The molecular weight excluding hydrogens is 306 g/mol. The van der Waals surface area contributed by atoms with Crippen molar-refractivity contribution in [2.75, 3.05) is 13.6 Å². The van der Waals surface area contributed by atoms with Gasteiger partial charge in [0, 0.05) is 38.0 Å². The zero-order valence-corrected chi connectivity index (χ0v) is 14.6. The zero-order valence-electron chi connectivity index (χ0n) is 14.6. The molecule has 2 saturated carbocycles. The molecule has 0 aromatic rings. The topological polar surface area (TPSA) is 78.5 Å². The van der Waals surface area contributed by atoms with Gasteiger partial charge in [-0.3, -0.25) is 14.4 Å². The molecule has 2 N–H and O–H groups in total. The lowest BCUT2D eigenvalue weighted by molar-refractivity contribution is -0.130. The Kier molecular flexibility index (Phi) is 5.41. The summed E-state index contributed by atoms with van der Waals surface area (Å²) in [5, 5.41) is 5.82. The summed E-state index contributed by atoms with van der Waals surface area (Å²) in [6, 6.07) is 0.507. The fraction of sp³-hybridized carbons (Fsp3) is 0.833. The highest BCUT2D eigenvalue weighted by atomic mass is 16.2. The fourth-order valence-corrected chi connectivity index (χ4v) is 4.50. The van der Waals surface area contributed by atoms with Gasteiger partial charge in [0.1, 0.15) is 0 Å².